The molecule has 0 saturated heterocycles. The highest BCUT2D eigenvalue weighted by molar-refractivity contribution is 7.22. The van der Waals surface area contributed by atoms with E-state index in [0.29, 0.717) is 18.7 Å². The van der Waals surface area contributed by atoms with Gasteiger partial charge in [-0.3, -0.25) is 0 Å². The molecule has 0 radical (unpaired) electrons. The maximum Gasteiger partial charge on any atom is 0.337 e. The van der Waals surface area contributed by atoms with Gasteiger partial charge in [-0.15, -0.1) is 0 Å². The summed E-state index contributed by atoms with van der Waals surface area (Å²) >= 11 is 1.53. The predicted octanol–water partition coefficient (Wildman–Crippen LogP) is 2.58. The van der Waals surface area contributed by atoms with Gasteiger partial charge in [0.2, 0.25) is 0 Å². The van der Waals surface area contributed by atoms with Crippen molar-refractivity contribution in [3.8, 4) is 0 Å². The average molecular weight is 293 g/mol. The van der Waals surface area contributed by atoms with Crippen molar-refractivity contribution >= 4 is 32.7 Å². The minimum atomic E-state index is -0.321. The number of carbonyl (C=O) groups excluding carboxylic acids is 1. The molecule has 0 bridgehead atoms. The van der Waals surface area contributed by atoms with Crippen LogP contribution in [0.1, 0.15) is 35.7 Å². The van der Waals surface area contributed by atoms with Gasteiger partial charge in [-0.1, -0.05) is 25.2 Å². The lowest BCUT2D eigenvalue weighted by Crippen LogP contribution is -2.12. The van der Waals surface area contributed by atoms with E-state index < -0.39 is 0 Å². The van der Waals surface area contributed by atoms with Crippen LogP contribution in [0.15, 0.2) is 12.1 Å². The van der Waals surface area contributed by atoms with Crippen LogP contribution in [-0.2, 0) is 4.74 Å². The van der Waals surface area contributed by atoms with E-state index in [-0.39, 0.29) is 11.9 Å². The van der Waals surface area contributed by atoms with Crippen LogP contribution >= 0.6 is 11.3 Å². The van der Waals surface area contributed by atoms with Crippen molar-refractivity contribution in [2.75, 3.05) is 25.5 Å². The molecule has 5 nitrogen and oxygen atoms in total. The van der Waals surface area contributed by atoms with Crippen molar-refractivity contribution < 1.29 is 9.53 Å². The quantitative estimate of drug-likeness (QED) is 0.829. The Morgan fingerprint density at radius 3 is 2.85 bits per heavy atom. The van der Waals surface area contributed by atoms with Gasteiger partial charge in [0.1, 0.15) is 0 Å². The normalized spacial score (nSPS) is 11.1. The van der Waals surface area contributed by atoms with Gasteiger partial charge >= 0.3 is 5.97 Å². The highest BCUT2D eigenvalue weighted by Crippen LogP contribution is 2.33. The van der Waals surface area contributed by atoms with Gasteiger partial charge in [0.15, 0.2) is 5.13 Å². The number of anilines is 1. The molecule has 0 aliphatic rings. The number of esters is 1. The minimum Gasteiger partial charge on any atom is -0.465 e. The molecule has 6 heteroatoms. The van der Waals surface area contributed by atoms with Crippen LogP contribution in [0, 0.1) is 0 Å². The summed E-state index contributed by atoms with van der Waals surface area (Å²) in [5.74, 6) is -0.0368. The fourth-order valence-corrected chi connectivity index (χ4v) is 2.95. The van der Waals surface area contributed by atoms with E-state index in [0.717, 1.165) is 20.9 Å². The summed E-state index contributed by atoms with van der Waals surface area (Å²) in [7, 11) is 1.39. The standard InChI is InChI=1S/C14H19N3O2S/c1-8(2)10-6-9(13(18)19-3)7-11-12(10)17-14(20-11)16-5-4-15/h6-8H,4-5,15H2,1-3H3,(H,16,17). The van der Waals surface area contributed by atoms with Crippen LogP contribution in [0.5, 0.6) is 0 Å². The first-order valence-corrected chi connectivity index (χ1v) is 7.35. The van der Waals surface area contributed by atoms with E-state index >= 15 is 0 Å². The Hall–Kier alpha value is -1.66. The van der Waals surface area contributed by atoms with E-state index in [1.165, 1.54) is 18.4 Å². The van der Waals surface area contributed by atoms with Gasteiger partial charge < -0.3 is 15.8 Å². The van der Waals surface area contributed by atoms with Crippen LogP contribution in [0.25, 0.3) is 10.2 Å². The number of carbonyl (C=O) groups is 1. The zero-order chi connectivity index (χ0) is 14.7. The van der Waals surface area contributed by atoms with Gasteiger partial charge in [-0.25, -0.2) is 9.78 Å². The lowest BCUT2D eigenvalue weighted by atomic mass is 9.99. The van der Waals surface area contributed by atoms with Crippen molar-refractivity contribution in [3.63, 3.8) is 0 Å². The first-order chi connectivity index (χ1) is 9.56. The number of nitrogens with two attached hydrogens (primary N) is 1. The van der Waals surface area contributed by atoms with Gasteiger partial charge in [0.25, 0.3) is 0 Å². The number of aromatic nitrogens is 1. The number of thiazole rings is 1. The Kier molecular flexibility index (Phi) is 4.57. The third kappa shape index (κ3) is 2.91. The zero-order valence-electron chi connectivity index (χ0n) is 11.9. The number of benzene rings is 1. The summed E-state index contributed by atoms with van der Waals surface area (Å²) in [6, 6.07) is 3.70. The Balaban J connectivity index is 2.52. The Morgan fingerprint density at radius 2 is 2.25 bits per heavy atom. The fourth-order valence-electron chi connectivity index (χ4n) is 1.99. The van der Waals surface area contributed by atoms with E-state index in [9.17, 15) is 4.79 Å². The molecule has 0 fully saturated rings. The van der Waals surface area contributed by atoms with Crippen LogP contribution < -0.4 is 11.1 Å². The first-order valence-electron chi connectivity index (χ1n) is 6.53. The molecule has 0 amide bonds. The number of nitrogens with one attached hydrogen (secondary N) is 1. The summed E-state index contributed by atoms with van der Waals surface area (Å²) in [6.07, 6.45) is 0. The molecule has 2 rings (SSSR count). The monoisotopic (exact) mass is 293 g/mol. The topological polar surface area (TPSA) is 77.2 Å². The molecular formula is C14H19N3O2S. The maximum atomic E-state index is 11.7. The molecular weight excluding hydrogens is 274 g/mol. The molecule has 0 unspecified atom stereocenters. The summed E-state index contributed by atoms with van der Waals surface area (Å²) < 4.78 is 5.79. The van der Waals surface area contributed by atoms with Gasteiger partial charge in [-0.2, -0.15) is 0 Å². The maximum absolute atomic E-state index is 11.7. The second-order valence-corrected chi connectivity index (χ2v) is 5.82. The molecule has 0 saturated carbocycles. The molecule has 0 aliphatic heterocycles. The Morgan fingerprint density at radius 1 is 1.50 bits per heavy atom. The largest absolute Gasteiger partial charge is 0.465 e. The SMILES string of the molecule is COC(=O)c1cc(C(C)C)c2nc(NCCN)sc2c1. The van der Waals surface area contributed by atoms with E-state index in [1.807, 2.05) is 12.1 Å². The summed E-state index contributed by atoms with van der Waals surface area (Å²) in [5.41, 5.74) is 8.05. The molecule has 1 aromatic heterocycles. The predicted molar refractivity (Wildman–Crippen MR) is 82.6 cm³/mol. The molecule has 0 aliphatic carbocycles. The highest BCUT2D eigenvalue weighted by Gasteiger charge is 2.16. The van der Waals surface area contributed by atoms with E-state index in [4.69, 9.17) is 10.5 Å². The Bertz CT molecular complexity index is 622. The van der Waals surface area contributed by atoms with Crippen molar-refractivity contribution in [2.24, 2.45) is 5.73 Å². The molecule has 1 heterocycles. The number of fused-ring (bicyclic) bond motifs is 1. The lowest BCUT2D eigenvalue weighted by Gasteiger charge is -2.08. The lowest BCUT2D eigenvalue weighted by molar-refractivity contribution is 0.0601. The van der Waals surface area contributed by atoms with Crippen molar-refractivity contribution in [1.29, 1.82) is 0 Å². The second-order valence-electron chi connectivity index (χ2n) is 4.79. The van der Waals surface area contributed by atoms with Gasteiger partial charge in [0, 0.05) is 13.1 Å². The summed E-state index contributed by atoms with van der Waals surface area (Å²) in [5, 5.41) is 4.01. The van der Waals surface area contributed by atoms with Gasteiger partial charge in [0.05, 0.1) is 22.9 Å². The zero-order valence-corrected chi connectivity index (χ0v) is 12.7. The van der Waals surface area contributed by atoms with Crippen LogP contribution in [0.2, 0.25) is 0 Å². The summed E-state index contributed by atoms with van der Waals surface area (Å²) in [4.78, 5) is 16.3. The molecule has 2 aromatic rings. The average Bonchev–Trinajstić information content (AvgIpc) is 2.85. The second kappa shape index (κ2) is 6.19. The summed E-state index contributed by atoms with van der Waals surface area (Å²) in [6.45, 7) is 5.41. The van der Waals surface area contributed by atoms with Crippen LogP contribution in [-0.4, -0.2) is 31.2 Å². The Labute approximate surface area is 122 Å². The van der Waals surface area contributed by atoms with Crippen molar-refractivity contribution in [1.82, 2.24) is 4.98 Å². The fraction of sp³-hybridized carbons (Fsp3) is 0.429. The van der Waals surface area contributed by atoms with Crippen LogP contribution in [0.4, 0.5) is 5.13 Å². The molecule has 1 aromatic carbocycles. The number of nitrogens with zero attached hydrogens (tertiary/aromatic N) is 1. The van der Waals surface area contributed by atoms with Gasteiger partial charge in [-0.05, 0) is 23.6 Å². The number of hydrogen-bond acceptors (Lipinski definition) is 6. The van der Waals surface area contributed by atoms with Crippen LogP contribution in [0.3, 0.4) is 0 Å². The first kappa shape index (κ1) is 14.7. The number of rotatable bonds is 5. The van der Waals surface area contributed by atoms with E-state index in [2.05, 4.69) is 24.1 Å². The van der Waals surface area contributed by atoms with E-state index in [1.54, 1.807) is 0 Å². The molecule has 0 spiro atoms. The molecule has 0 atom stereocenters. The highest BCUT2D eigenvalue weighted by atomic mass is 32.1. The van der Waals surface area contributed by atoms with Crippen molar-refractivity contribution in [3.05, 3.63) is 23.3 Å². The molecule has 108 valence electrons. The third-order valence-corrected chi connectivity index (χ3v) is 3.95. The third-order valence-electron chi connectivity index (χ3n) is 2.99. The number of ether oxygens (including phenoxy) is 1. The minimum absolute atomic E-state index is 0.284. The number of hydrogen-bond donors (Lipinski definition) is 2. The molecule has 3 N–H and O–H groups in total. The smallest absolute Gasteiger partial charge is 0.337 e. The molecule has 20 heavy (non-hydrogen) atoms. The number of methoxy groups -OCH3 is 1. The van der Waals surface area contributed by atoms with Crippen molar-refractivity contribution in [2.45, 2.75) is 19.8 Å².